The second-order valence-electron chi connectivity index (χ2n) is 6.44. The molecule has 0 fully saturated rings. The van der Waals surface area contributed by atoms with Crippen LogP contribution in [0.25, 0.3) is 21.7 Å². The second-order valence-corrected chi connectivity index (χ2v) is 7.85. The number of aromatic nitrogens is 1. The predicted octanol–water partition coefficient (Wildman–Crippen LogP) is 6.43. The van der Waals surface area contributed by atoms with Crippen molar-refractivity contribution in [1.29, 1.82) is 0 Å². The molecule has 1 amide bonds. The summed E-state index contributed by atoms with van der Waals surface area (Å²) < 4.78 is 13.4. The molecule has 0 atom stereocenters. The van der Waals surface area contributed by atoms with E-state index in [0.29, 0.717) is 37.4 Å². The first-order valence-corrected chi connectivity index (χ1v) is 10.2. The lowest BCUT2D eigenvalue weighted by molar-refractivity contribution is -0.384. The van der Waals surface area contributed by atoms with E-state index in [1.165, 1.54) is 35.6 Å². The van der Waals surface area contributed by atoms with Crippen molar-refractivity contribution in [2.45, 2.75) is 0 Å². The number of anilines is 1. The fourth-order valence-corrected chi connectivity index (χ4v) is 4.13. The highest BCUT2D eigenvalue weighted by Gasteiger charge is 2.19. The molecule has 0 unspecified atom stereocenters. The van der Waals surface area contributed by atoms with Gasteiger partial charge in [-0.3, -0.25) is 20.2 Å². The lowest BCUT2D eigenvalue weighted by atomic mass is 10.1. The fraction of sp³-hybridized carbons (Fsp3) is 0. The Morgan fingerprint density at radius 1 is 1.00 bits per heavy atom. The first kappa shape index (κ1) is 20.6. The van der Waals surface area contributed by atoms with Crippen LogP contribution in [0.5, 0.6) is 0 Å². The SMILES string of the molecule is O=C(Nc1nc(-c2ccc(F)cc2)c(-c2ccc([N+](=O)[O-])cc2)s1)c1ccccc1Cl. The molecule has 0 saturated carbocycles. The van der Waals surface area contributed by atoms with E-state index >= 15 is 0 Å². The maximum atomic E-state index is 13.4. The van der Waals surface area contributed by atoms with E-state index < -0.39 is 10.8 Å². The molecule has 1 aromatic heterocycles. The van der Waals surface area contributed by atoms with E-state index in [0.717, 1.165) is 0 Å². The minimum atomic E-state index is -0.480. The molecule has 0 aliphatic rings. The summed E-state index contributed by atoms with van der Waals surface area (Å²) in [6, 6.07) is 18.4. The number of nitro groups is 1. The van der Waals surface area contributed by atoms with Gasteiger partial charge in [0.15, 0.2) is 5.13 Å². The zero-order valence-corrected chi connectivity index (χ0v) is 17.3. The van der Waals surface area contributed by atoms with Gasteiger partial charge in [-0.05, 0) is 54.1 Å². The number of rotatable bonds is 5. The number of thiazole rings is 1. The number of non-ortho nitro benzene ring substituents is 1. The number of hydrogen-bond acceptors (Lipinski definition) is 5. The minimum absolute atomic E-state index is 0.0381. The van der Waals surface area contributed by atoms with Gasteiger partial charge in [-0.25, -0.2) is 9.37 Å². The Morgan fingerprint density at radius 3 is 2.29 bits per heavy atom. The number of nitro benzene ring substituents is 1. The third-order valence-electron chi connectivity index (χ3n) is 4.42. The van der Waals surface area contributed by atoms with Crippen LogP contribution in [-0.4, -0.2) is 15.8 Å². The van der Waals surface area contributed by atoms with Gasteiger partial charge in [0.05, 0.1) is 26.1 Å². The molecule has 1 N–H and O–H groups in total. The quantitative estimate of drug-likeness (QED) is 0.278. The Morgan fingerprint density at radius 2 is 1.65 bits per heavy atom. The molecule has 3 aromatic carbocycles. The first-order chi connectivity index (χ1) is 14.9. The number of hydrogen-bond donors (Lipinski definition) is 1. The Balaban J connectivity index is 1.75. The molecule has 0 bridgehead atoms. The van der Waals surface area contributed by atoms with Crippen molar-refractivity contribution in [3.63, 3.8) is 0 Å². The molecule has 0 aliphatic heterocycles. The van der Waals surface area contributed by atoms with Gasteiger partial charge < -0.3 is 0 Å². The molecule has 1 heterocycles. The third-order valence-corrected chi connectivity index (χ3v) is 5.77. The van der Waals surface area contributed by atoms with Crippen molar-refractivity contribution in [1.82, 2.24) is 4.98 Å². The number of carbonyl (C=O) groups is 1. The van der Waals surface area contributed by atoms with Crippen molar-refractivity contribution in [2.75, 3.05) is 5.32 Å². The molecule has 0 saturated heterocycles. The van der Waals surface area contributed by atoms with Crippen LogP contribution in [0.4, 0.5) is 15.2 Å². The van der Waals surface area contributed by atoms with Crippen molar-refractivity contribution < 1.29 is 14.1 Å². The second kappa shape index (κ2) is 8.63. The molecule has 0 radical (unpaired) electrons. The molecular formula is C22H13ClFN3O3S. The number of halogens is 2. The highest BCUT2D eigenvalue weighted by molar-refractivity contribution is 7.19. The predicted molar refractivity (Wildman–Crippen MR) is 119 cm³/mol. The smallest absolute Gasteiger partial charge is 0.269 e. The summed E-state index contributed by atoms with van der Waals surface area (Å²) in [5.41, 5.74) is 2.11. The molecule has 4 rings (SSSR count). The number of amides is 1. The van der Waals surface area contributed by atoms with Crippen LogP contribution in [0.3, 0.4) is 0 Å². The van der Waals surface area contributed by atoms with Crippen LogP contribution in [-0.2, 0) is 0 Å². The molecule has 31 heavy (non-hydrogen) atoms. The normalized spacial score (nSPS) is 10.6. The summed E-state index contributed by atoms with van der Waals surface area (Å²) in [6.45, 7) is 0. The summed E-state index contributed by atoms with van der Waals surface area (Å²) in [5.74, 6) is -0.802. The van der Waals surface area contributed by atoms with Gasteiger partial charge in [0.2, 0.25) is 0 Å². The number of nitrogens with zero attached hydrogens (tertiary/aromatic N) is 2. The Kier molecular flexibility index (Phi) is 5.75. The van der Waals surface area contributed by atoms with Crippen LogP contribution >= 0.6 is 22.9 Å². The molecule has 0 spiro atoms. The molecular weight excluding hydrogens is 441 g/mol. The van der Waals surface area contributed by atoms with E-state index in [-0.39, 0.29) is 11.5 Å². The molecule has 4 aromatic rings. The summed E-state index contributed by atoms with van der Waals surface area (Å²) in [7, 11) is 0. The van der Waals surface area contributed by atoms with Gasteiger partial charge in [-0.2, -0.15) is 0 Å². The van der Waals surface area contributed by atoms with Crippen LogP contribution in [0.2, 0.25) is 5.02 Å². The number of nitrogens with one attached hydrogen (secondary N) is 1. The van der Waals surface area contributed by atoms with Gasteiger partial charge in [0.25, 0.3) is 11.6 Å². The number of carbonyl (C=O) groups excluding carboxylic acids is 1. The summed E-state index contributed by atoms with van der Waals surface area (Å²) in [4.78, 5) is 28.3. The zero-order valence-electron chi connectivity index (χ0n) is 15.7. The lowest BCUT2D eigenvalue weighted by Gasteiger charge is -2.03. The average molecular weight is 454 g/mol. The van der Waals surface area contributed by atoms with Crippen molar-refractivity contribution in [2.24, 2.45) is 0 Å². The Hall–Kier alpha value is -3.62. The highest BCUT2D eigenvalue weighted by Crippen LogP contribution is 2.39. The first-order valence-electron chi connectivity index (χ1n) is 9.00. The number of benzene rings is 3. The summed E-state index contributed by atoms with van der Waals surface area (Å²) in [5, 5.41) is 14.3. The van der Waals surface area contributed by atoms with Crippen LogP contribution in [0, 0.1) is 15.9 Å². The van der Waals surface area contributed by atoms with Crippen molar-refractivity contribution in [3.8, 4) is 21.7 Å². The molecule has 154 valence electrons. The maximum absolute atomic E-state index is 13.4. The Bertz CT molecular complexity index is 1270. The maximum Gasteiger partial charge on any atom is 0.269 e. The average Bonchev–Trinajstić information content (AvgIpc) is 3.18. The van der Waals surface area contributed by atoms with Gasteiger partial charge in [-0.1, -0.05) is 35.1 Å². The topological polar surface area (TPSA) is 85.1 Å². The van der Waals surface area contributed by atoms with Gasteiger partial charge in [-0.15, -0.1) is 0 Å². The van der Waals surface area contributed by atoms with Gasteiger partial charge >= 0.3 is 0 Å². The van der Waals surface area contributed by atoms with E-state index in [4.69, 9.17) is 11.6 Å². The Labute approximate surface area is 185 Å². The molecule has 0 aliphatic carbocycles. The fourth-order valence-electron chi connectivity index (χ4n) is 2.92. The lowest BCUT2D eigenvalue weighted by Crippen LogP contribution is -2.12. The molecule has 9 heteroatoms. The highest BCUT2D eigenvalue weighted by atomic mass is 35.5. The van der Waals surface area contributed by atoms with Crippen molar-refractivity contribution >= 4 is 39.7 Å². The van der Waals surface area contributed by atoms with Crippen LogP contribution in [0.1, 0.15) is 10.4 Å². The van der Waals surface area contributed by atoms with E-state index in [1.54, 1.807) is 48.5 Å². The molecule has 6 nitrogen and oxygen atoms in total. The third kappa shape index (κ3) is 4.45. The standard InChI is InChI=1S/C22H13ClFN3O3S/c23-18-4-2-1-3-17(18)21(28)26-22-25-19(13-5-9-15(24)10-6-13)20(31-22)14-7-11-16(12-8-14)27(29)30/h1-12H,(H,25,26,28). The van der Waals surface area contributed by atoms with Crippen LogP contribution in [0.15, 0.2) is 72.8 Å². The van der Waals surface area contributed by atoms with Gasteiger partial charge in [0, 0.05) is 17.7 Å². The van der Waals surface area contributed by atoms with Crippen LogP contribution < -0.4 is 5.32 Å². The van der Waals surface area contributed by atoms with Gasteiger partial charge in [0.1, 0.15) is 5.82 Å². The minimum Gasteiger partial charge on any atom is -0.298 e. The summed E-state index contributed by atoms with van der Waals surface area (Å²) >= 11 is 7.31. The zero-order chi connectivity index (χ0) is 22.0. The summed E-state index contributed by atoms with van der Waals surface area (Å²) in [6.07, 6.45) is 0. The van der Waals surface area contributed by atoms with E-state index in [9.17, 15) is 19.3 Å². The van der Waals surface area contributed by atoms with E-state index in [2.05, 4.69) is 10.3 Å². The van der Waals surface area contributed by atoms with E-state index in [1.807, 2.05) is 0 Å². The van der Waals surface area contributed by atoms with Crippen molar-refractivity contribution in [3.05, 3.63) is 99.3 Å². The largest absolute Gasteiger partial charge is 0.298 e. The monoisotopic (exact) mass is 453 g/mol.